The van der Waals surface area contributed by atoms with E-state index in [1.807, 2.05) is 12.1 Å². The third-order valence-electron chi connectivity index (χ3n) is 7.08. The number of Topliss-reactive ketones (excluding diaryl/α,β-unsaturated/α-hetero) is 1. The van der Waals surface area contributed by atoms with Gasteiger partial charge in [-0.05, 0) is 47.3 Å². The van der Waals surface area contributed by atoms with Crippen molar-refractivity contribution < 1.29 is 15.0 Å². The van der Waals surface area contributed by atoms with Crippen molar-refractivity contribution in [1.82, 2.24) is 0 Å². The molecule has 0 heterocycles. The summed E-state index contributed by atoms with van der Waals surface area (Å²) in [5.74, 6) is 1.03. The molecular formula is C22H32O3. The number of hydrogen-bond acceptors (Lipinski definition) is 3. The van der Waals surface area contributed by atoms with Crippen LogP contribution < -0.4 is 0 Å². The zero-order valence-electron chi connectivity index (χ0n) is 16.2. The molecular weight excluding hydrogens is 312 g/mol. The fourth-order valence-electron chi connectivity index (χ4n) is 5.15. The topological polar surface area (TPSA) is 57.5 Å². The summed E-state index contributed by atoms with van der Waals surface area (Å²) in [7, 11) is 0. The first-order chi connectivity index (χ1) is 11.6. The fraction of sp³-hybridized carbons (Fsp3) is 0.682. The number of carbonyl (C=O) groups is 1. The van der Waals surface area contributed by atoms with Crippen molar-refractivity contribution in [2.45, 2.75) is 78.1 Å². The molecule has 0 saturated heterocycles. The van der Waals surface area contributed by atoms with E-state index >= 15 is 0 Å². The Balaban J connectivity index is 1.95. The summed E-state index contributed by atoms with van der Waals surface area (Å²) < 4.78 is 0. The molecule has 1 aromatic rings. The van der Waals surface area contributed by atoms with Crippen LogP contribution in [0.1, 0.15) is 83.8 Å². The first-order valence-electron chi connectivity index (χ1n) is 9.68. The van der Waals surface area contributed by atoms with E-state index in [4.69, 9.17) is 0 Å². The van der Waals surface area contributed by atoms with Crippen LogP contribution in [0.25, 0.3) is 0 Å². The van der Waals surface area contributed by atoms with Crippen LogP contribution in [0.5, 0.6) is 11.5 Å². The molecule has 4 rings (SSSR count). The van der Waals surface area contributed by atoms with Gasteiger partial charge in [0, 0.05) is 23.8 Å². The summed E-state index contributed by atoms with van der Waals surface area (Å²) in [6, 6.07) is 3.62. The van der Waals surface area contributed by atoms with E-state index in [2.05, 4.69) is 34.6 Å². The van der Waals surface area contributed by atoms with Crippen molar-refractivity contribution in [1.29, 1.82) is 0 Å². The summed E-state index contributed by atoms with van der Waals surface area (Å²) in [4.78, 5) is 12.4. The highest BCUT2D eigenvalue weighted by Gasteiger charge is 2.59. The van der Waals surface area contributed by atoms with E-state index in [1.165, 1.54) is 0 Å². The minimum atomic E-state index is -0.0906. The molecule has 3 atom stereocenters. The van der Waals surface area contributed by atoms with Crippen molar-refractivity contribution in [2.24, 2.45) is 17.3 Å². The number of carbonyl (C=O) groups excluding carboxylic acids is 1. The quantitative estimate of drug-likeness (QED) is 0.763. The summed E-state index contributed by atoms with van der Waals surface area (Å²) in [6.07, 6.45) is 4.59. The molecule has 2 bridgehead atoms. The molecule has 138 valence electrons. The van der Waals surface area contributed by atoms with E-state index < -0.39 is 0 Å². The second kappa shape index (κ2) is 6.03. The number of benzene rings is 1. The van der Waals surface area contributed by atoms with Gasteiger partial charge in [0.2, 0.25) is 0 Å². The van der Waals surface area contributed by atoms with E-state index in [0.717, 1.165) is 31.2 Å². The maximum atomic E-state index is 12.4. The Morgan fingerprint density at radius 1 is 1.20 bits per heavy atom. The lowest BCUT2D eigenvalue weighted by molar-refractivity contribution is -0.151. The van der Waals surface area contributed by atoms with Crippen LogP contribution in [0.4, 0.5) is 0 Å². The maximum Gasteiger partial charge on any atom is 0.137 e. The lowest BCUT2D eigenvalue weighted by atomic mass is 9.44. The van der Waals surface area contributed by atoms with Crippen molar-refractivity contribution in [3.63, 3.8) is 0 Å². The Bertz CT molecular complexity index is 664. The predicted molar refractivity (Wildman–Crippen MR) is 100 cm³/mol. The molecule has 3 aliphatic rings. The monoisotopic (exact) mass is 344 g/mol. The van der Waals surface area contributed by atoms with E-state index in [-0.39, 0.29) is 39.9 Å². The van der Waals surface area contributed by atoms with E-state index in [1.54, 1.807) is 0 Å². The van der Waals surface area contributed by atoms with Crippen LogP contribution in [0.3, 0.4) is 0 Å². The number of fused-ring (bicyclic) bond motifs is 2. The number of phenols is 2. The van der Waals surface area contributed by atoms with E-state index in [0.29, 0.717) is 17.9 Å². The van der Waals surface area contributed by atoms with Gasteiger partial charge in [-0.3, -0.25) is 4.79 Å². The van der Waals surface area contributed by atoms with Crippen LogP contribution in [0, 0.1) is 17.3 Å². The zero-order valence-corrected chi connectivity index (χ0v) is 16.2. The third kappa shape index (κ3) is 2.86. The molecule has 0 radical (unpaired) electrons. The van der Waals surface area contributed by atoms with Gasteiger partial charge in [-0.2, -0.15) is 0 Å². The van der Waals surface area contributed by atoms with Crippen molar-refractivity contribution in [2.75, 3.05) is 0 Å². The largest absolute Gasteiger partial charge is 0.508 e. The molecule has 0 aromatic heterocycles. The van der Waals surface area contributed by atoms with Crippen molar-refractivity contribution in [3.05, 3.63) is 23.3 Å². The van der Waals surface area contributed by atoms with Crippen LogP contribution in [-0.4, -0.2) is 16.0 Å². The highest BCUT2D eigenvalue weighted by molar-refractivity contribution is 5.86. The molecule has 2 N–H and O–H groups in total. The fourth-order valence-corrected chi connectivity index (χ4v) is 5.15. The minimum Gasteiger partial charge on any atom is -0.508 e. The van der Waals surface area contributed by atoms with Gasteiger partial charge in [-0.25, -0.2) is 0 Å². The second-order valence-electron chi connectivity index (χ2n) is 9.41. The number of hydrogen-bond donors (Lipinski definition) is 2. The normalized spacial score (nSPS) is 27.9. The Morgan fingerprint density at radius 3 is 2.28 bits per heavy atom. The molecule has 0 amide bonds. The Morgan fingerprint density at radius 2 is 1.80 bits per heavy atom. The van der Waals surface area contributed by atoms with Gasteiger partial charge < -0.3 is 10.2 Å². The van der Waals surface area contributed by atoms with Gasteiger partial charge in [-0.1, -0.05) is 47.5 Å². The SMILES string of the molecule is CCCCC(C)(C)c1cc(O)c([C@H]2CC(=O)[C@@H]3C[C@H]2C3(C)C)c(O)c1. The Labute approximate surface area is 151 Å². The molecule has 3 heteroatoms. The van der Waals surface area contributed by atoms with E-state index in [9.17, 15) is 15.0 Å². The first-order valence-corrected chi connectivity index (χ1v) is 9.68. The number of ketones is 1. The van der Waals surface area contributed by atoms with Crippen molar-refractivity contribution >= 4 is 5.78 Å². The number of phenolic OH excluding ortho intramolecular Hbond substituents is 2. The molecule has 3 saturated carbocycles. The van der Waals surface area contributed by atoms with Crippen molar-refractivity contribution in [3.8, 4) is 11.5 Å². The summed E-state index contributed by atoms with van der Waals surface area (Å²) >= 11 is 0. The molecule has 3 nitrogen and oxygen atoms in total. The smallest absolute Gasteiger partial charge is 0.137 e. The average Bonchev–Trinajstić information content (AvgIpc) is 2.51. The van der Waals surface area contributed by atoms with Gasteiger partial charge >= 0.3 is 0 Å². The number of rotatable bonds is 5. The van der Waals surface area contributed by atoms with Crippen LogP contribution >= 0.6 is 0 Å². The van der Waals surface area contributed by atoms with Gasteiger partial charge in [-0.15, -0.1) is 0 Å². The average molecular weight is 344 g/mol. The predicted octanol–water partition coefficient (Wildman–Crippen LogP) is 5.28. The van der Waals surface area contributed by atoms with Crippen LogP contribution in [0.2, 0.25) is 0 Å². The molecule has 0 spiro atoms. The third-order valence-corrected chi connectivity index (χ3v) is 7.08. The van der Waals surface area contributed by atoms with Crippen LogP contribution in [0.15, 0.2) is 12.1 Å². The van der Waals surface area contributed by atoms with Gasteiger partial charge in [0.25, 0.3) is 0 Å². The summed E-state index contributed by atoms with van der Waals surface area (Å²) in [6.45, 7) is 10.8. The summed E-state index contributed by atoms with van der Waals surface area (Å²) in [5, 5.41) is 21.5. The second-order valence-corrected chi connectivity index (χ2v) is 9.41. The number of aromatic hydroxyl groups is 2. The van der Waals surface area contributed by atoms with Gasteiger partial charge in [0.1, 0.15) is 17.3 Å². The standard InChI is InChI=1S/C22H32O3/c1-6-7-8-21(2,3)13-9-18(24)20(19(25)10-13)14-11-17(23)16-12-15(14)22(16,4)5/h9-10,14-16,24-25H,6-8,11-12H2,1-5H3/t14-,15+,16-/m0/s1. The highest BCUT2D eigenvalue weighted by Crippen LogP contribution is 2.64. The van der Waals surface area contributed by atoms with Gasteiger partial charge in [0.05, 0.1) is 0 Å². The zero-order chi connectivity index (χ0) is 18.6. The van der Waals surface area contributed by atoms with Gasteiger partial charge in [0.15, 0.2) is 0 Å². The molecule has 3 aliphatic carbocycles. The molecule has 25 heavy (non-hydrogen) atoms. The minimum absolute atomic E-state index is 0.0298. The summed E-state index contributed by atoms with van der Waals surface area (Å²) in [5.41, 5.74) is 1.43. The maximum absolute atomic E-state index is 12.4. The first kappa shape index (κ1) is 18.3. The Kier molecular flexibility index (Phi) is 4.41. The molecule has 1 aromatic carbocycles. The lowest BCUT2D eigenvalue weighted by Gasteiger charge is -2.59. The van der Waals surface area contributed by atoms with Crippen LogP contribution in [-0.2, 0) is 10.2 Å². The molecule has 0 unspecified atom stereocenters. The highest BCUT2D eigenvalue weighted by atomic mass is 16.3. The number of unbranched alkanes of at least 4 members (excludes halogenated alkanes) is 1. The molecule has 3 fully saturated rings. The lowest BCUT2D eigenvalue weighted by Crippen LogP contribution is -2.56. The Hall–Kier alpha value is -1.51. The molecule has 0 aliphatic heterocycles.